The highest BCUT2D eigenvalue weighted by molar-refractivity contribution is 5.99. The highest BCUT2D eigenvalue weighted by Gasteiger charge is 2.66. The number of oxime groups is 1. The minimum atomic E-state index is -0.830. The average molecular weight is 474 g/mol. The van der Waals surface area contributed by atoms with Gasteiger partial charge in [0.15, 0.2) is 0 Å². The van der Waals surface area contributed by atoms with Gasteiger partial charge in [-0.3, -0.25) is 4.79 Å². The summed E-state index contributed by atoms with van der Waals surface area (Å²) in [5.74, 6) is 1.95. The van der Waals surface area contributed by atoms with Crippen molar-refractivity contribution in [3.63, 3.8) is 0 Å². The molecule has 8 atom stereocenters. The van der Waals surface area contributed by atoms with Gasteiger partial charge < -0.3 is 15.1 Å². The van der Waals surface area contributed by atoms with Gasteiger partial charge in [0.25, 0.3) is 0 Å². The van der Waals surface area contributed by atoms with Gasteiger partial charge in [0, 0.05) is 18.3 Å². The smallest absolute Gasteiger partial charge is 0.302 e. The molecule has 0 unspecified atom stereocenters. The Kier molecular flexibility index (Phi) is 7.01. The van der Waals surface area contributed by atoms with Crippen LogP contribution in [0.2, 0.25) is 0 Å². The van der Waals surface area contributed by atoms with Gasteiger partial charge in [0.1, 0.15) is 6.10 Å². The van der Waals surface area contributed by atoms with Crippen LogP contribution in [0, 0.1) is 40.4 Å². The molecule has 2 N–H and O–H groups in total. The van der Waals surface area contributed by atoms with Crippen LogP contribution in [0.1, 0.15) is 106 Å². The molecule has 0 aromatic rings. The number of ether oxygens (including phenoxy) is 1. The summed E-state index contributed by atoms with van der Waals surface area (Å²) in [6.45, 7) is 13.1. The molecule has 3 fully saturated rings. The SMILES string of the molecule is CC(=O)O[C@H]1CC[C@@]2(C)[C@H](C1)/C(=N/O)C=C1[C@@H]2CC[C@]2(C)[C@@H]([C@H](C)CCCC(C)C)CC[C@@]12O. The van der Waals surface area contributed by atoms with Crippen LogP contribution in [-0.4, -0.2) is 33.7 Å². The first-order valence-electron chi connectivity index (χ1n) is 13.8. The van der Waals surface area contributed by atoms with E-state index in [2.05, 4.69) is 39.8 Å². The third kappa shape index (κ3) is 4.04. The Morgan fingerprint density at radius 2 is 1.85 bits per heavy atom. The van der Waals surface area contributed by atoms with Gasteiger partial charge in [-0.05, 0) is 85.7 Å². The molecule has 5 nitrogen and oxygen atoms in total. The molecule has 0 bridgehead atoms. The molecule has 0 aromatic carbocycles. The summed E-state index contributed by atoms with van der Waals surface area (Å²) in [4.78, 5) is 11.6. The fourth-order valence-electron chi connectivity index (χ4n) is 8.77. The molecule has 4 aliphatic carbocycles. The minimum Gasteiger partial charge on any atom is -0.463 e. The van der Waals surface area contributed by atoms with Crippen LogP contribution in [0.25, 0.3) is 0 Å². The van der Waals surface area contributed by atoms with E-state index in [4.69, 9.17) is 4.74 Å². The molecule has 0 spiro atoms. The first-order valence-corrected chi connectivity index (χ1v) is 13.8. The summed E-state index contributed by atoms with van der Waals surface area (Å²) in [7, 11) is 0. The summed E-state index contributed by atoms with van der Waals surface area (Å²) in [5.41, 5.74) is 0.738. The molecular formula is C29H47NO4. The van der Waals surface area contributed by atoms with E-state index in [9.17, 15) is 15.1 Å². The first-order chi connectivity index (χ1) is 16.0. The second-order valence-electron chi connectivity index (χ2n) is 13.0. The molecule has 4 aliphatic rings. The van der Waals surface area contributed by atoms with Crippen LogP contribution in [0.3, 0.4) is 0 Å². The van der Waals surface area contributed by atoms with Crippen molar-refractivity contribution >= 4 is 11.7 Å². The van der Waals surface area contributed by atoms with Crippen LogP contribution in [0.15, 0.2) is 16.8 Å². The first kappa shape index (κ1) is 25.7. The van der Waals surface area contributed by atoms with E-state index in [-0.39, 0.29) is 34.7 Å². The Morgan fingerprint density at radius 3 is 2.50 bits per heavy atom. The lowest BCUT2D eigenvalue weighted by Gasteiger charge is -2.60. The van der Waals surface area contributed by atoms with E-state index >= 15 is 0 Å². The average Bonchev–Trinajstić information content (AvgIpc) is 3.04. The summed E-state index contributed by atoms with van der Waals surface area (Å²) < 4.78 is 5.56. The van der Waals surface area contributed by atoms with Crippen LogP contribution >= 0.6 is 0 Å². The van der Waals surface area contributed by atoms with Gasteiger partial charge in [-0.1, -0.05) is 59.0 Å². The van der Waals surface area contributed by atoms with Crippen molar-refractivity contribution in [2.45, 2.75) is 117 Å². The van der Waals surface area contributed by atoms with E-state index in [1.807, 2.05) is 6.08 Å². The number of rotatable bonds is 6. The zero-order chi connectivity index (χ0) is 24.9. The molecule has 5 heteroatoms. The molecule has 0 aromatic heterocycles. The highest BCUT2D eigenvalue weighted by Crippen LogP contribution is 2.68. The van der Waals surface area contributed by atoms with Gasteiger partial charge in [-0.2, -0.15) is 0 Å². The van der Waals surface area contributed by atoms with Gasteiger partial charge >= 0.3 is 5.97 Å². The lowest BCUT2D eigenvalue weighted by molar-refractivity contribution is -0.151. The van der Waals surface area contributed by atoms with Gasteiger partial charge in [-0.25, -0.2) is 0 Å². The van der Waals surface area contributed by atoms with Gasteiger partial charge in [-0.15, -0.1) is 0 Å². The molecule has 0 amide bonds. The number of hydrogen-bond donors (Lipinski definition) is 2. The molecular weight excluding hydrogens is 426 g/mol. The Balaban J connectivity index is 1.62. The Labute approximate surface area is 206 Å². The van der Waals surface area contributed by atoms with Crippen LogP contribution in [0.5, 0.6) is 0 Å². The molecule has 0 heterocycles. The topological polar surface area (TPSA) is 79.1 Å². The molecule has 0 aliphatic heterocycles. The van der Waals surface area contributed by atoms with Gasteiger partial charge in [0.2, 0.25) is 0 Å². The molecule has 0 saturated heterocycles. The minimum absolute atomic E-state index is 0.0458. The van der Waals surface area contributed by atoms with E-state index in [1.165, 1.54) is 26.2 Å². The second kappa shape index (κ2) is 9.26. The van der Waals surface area contributed by atoms with Crippen LogP contribution in [-0.2, 0) is 9.53 Å². The molecule has 3 saturated carbocycles. The molecule has 192 valence electrons. The molecule has 4 rings (SSSR count). The lowest BCUT2D eigenvalue weighted by atomic mass is 9.46. The van der Waals surface area contributed by atoms with Crippen molar-refractivity contribution in [1.29, 1.82) is 0 Å². The quantitative estimate of drug-likeness (QED) is 0.262. The van der Waals surface area contributed by atoms with Crippen molar-refractivity contribution < 1.29 is 19.8 Å². The highest BCUT2D eigenvalue weighted by atomic mass is 16.5. The monoisotopic (exact) mass is 473 g/mol. The maximum atomic E-state index is 12.4. The maximum Gasteiger partial charge on any atom is 0.302 e. The summed E-state index contributed by atoms with van der Waals surface area (Å²) >= 11 is 0. The number of esters is 1. The normalized spacial score (nSPS) is 43.6. The van der Waals surface area contributed by atoms with Crippen molar-refractivity contribution in [3.8, 4) is 0 Å². The fraction of sp³-hybridized carbons (Fsp3) is 0.862. The van der Waals surface area contributed by atoms with E-state index in [1.54, 1.807) is 0 Å². The zero-order valence-electron chi connectivity index (χ0n) is 22.3. The molecule has 0 radical (unpaired) electrons. The second-order valence-corrected chi connectivity index (χ2v) is 13.0. The van der Waals surface area contributed by atoms with Crippen LogP contribution < -0.4 is 0 Å². The Bertz CT molecular complexity index is 849. The Morgan fingerprint density at radius 1 is 1.12 bits per heavy atom. The number of carbonyl (C=O) groups is 1. The lowest BCUT2D eigenvalue weighted by Crippen LogP contribution is -2.59. The number of carbonyl (C=O) groups excluding carboxylic acids is 1. The number of aliphatic hydroxyl groups is 1. The van der Waals surface area contributed by atoms with Crippen molar-refractivity contribution in [3.05, 3.63) is 11.6 Å². The summed E-state index contributed by atoms with van der Waals surface area (Å²) in [5, 5.41) is 26.2. The summed E-state index contributed by atoms with van der Waals surface area (Å²) in [6.07, 6.45) is 12.1. The predicted octanol–water partition coefficient (Wildman–Crippen LogP) is 6.51. The van der Waals surface area contributed by atoms with E-state index in [0.717, 1.165) is 50.0 Å². The number of fused-ring (bicyclic) bond motifs is 5. The predicted molar refractivity (Wildman–Crippen MR) is 135 cm³/mol. The largest absolute Gasteiger partial charge is 0.463 e. The summed E-state index contributed by atoms with van der Waals surface area (Å²) in [6, 6.07) is 0. The van der Waals surface area contributed by atoms with E-state index in [0.29, 0.717) is 24.0 Å². The molecule has 34 heavy (non-hydrogen) atoms. The van der Waals surface area contributed by atoms with E-state index < -0.39 is 5.60 Å². The third-order valence-corrected chi connectivity index (χ3v) is 10.7. The number of nitrogens with zero attached hydrogens (tertiary/aromatic N) is 1. The standard InChI is InChI=1S/C29H47NO4/c1-18(2)8-7-9-19(3)22-12-15-29(32)24-17-26(30-33)25-16-21(34-20(4)31)10-13-27(25,5)23(24)11-14-28(22,29)6/h17-19,21-23,25,32-33H,7-16H2,1-6H3/b30-26+/t19-,21+,22-,23+,25-,27-,28-,29-/m1/s1. The van der Waals surface area contributed by atoms with Crippen molar-refractivity contribution in [1.82, 2.24) is 0 Å². The maximum absolute atomic E-state index is 12.4. The van der Waals surface area contributed by atoms with Crippen LogP contribution in [0.4, 0.5) is 0 Å². The Hall–Kier alpha value is -1.36. The van der Waals surface area contributed by atoms with Crippen molar-refractivity contribution in [2.75, 3.05) is 0 Å². The number of hydrogen-bond acceptors (Lipinski definition) is 5. The zero-order valence-corrected chi connectivity index (χ0v) is 22.3. The fourth-order valence-corrected chi connectivity index (χ4v) is 8.77. The van der Waals surface area contributed by atoms with Gasteiger partial charge in [0.05, 0.1) is 11.3 Å². The van der Waals surface area contributed by atoms with Crippen molar-refractivity contribution in [2.24, 2.45) is 45.6 Å². The third-order valence-electron chi connectivity index (χ3n) is 10.7. The number of allylic oxidation sites excluding steroid dienone is 1.